The fourth-order valence-corrected chi connectivity index (χ4v) is 17.3. The summed E-state index contributed by atoms with van der Waals surface area (Å²) in [6.07, 6.45) is -14.7. The van der Waals surface area contributed by atoms with E-state index in [1.165, 1.54) is 5.57 Å². The minimum Gasteiger partial charge on any atom is -0.462 e. The highest BCUT2D eigenvalue weighted by Crippen LogP contribution is 2.71. The molecule has 1 spiro atoms. The van der Waals surface area contributed by atoms with Crippen LogP contribution < -0.4 is 0 Å². The van der Waals surface area contributed by atoms with Crippen LogP contribution in [-0.2, 0) is 114 Å². The average Bonchev–Trinajstić information content (AvgIpc) is 1.54. The summed E-state index contributed by atoms with van der Waals surface area (Å²) in [5.74, 6) is -4.15. The smallest absolute Gasteiger partial charge is 0.311 e. The number of rotatable bonds is 15. The molecule has 620 valence electrons. The third kappa shape index (κ3) is 18.9. The molecule has 24 heteroatoms. The van der Waals surface area contributed by atoms with Gasteiger partial charge in [-0.3, -0.25) is 38.4 Å². The van der Waals surface area contributed by atoms with E-state index in [4.69, 9.17) is 75.8 Å². The molecule has 26 atom stereocenters. The molecule has 5 heterocycles. The summed E-state index contributed by atoms with van der Waals surface area (Å²) in [6, 6.07) is 0. The molecule has 9 aliphatic rings. The van der Waals surface area contributed by atoms with Gasteiger partial charge in [0, 0.05) is 12.3 Å². The zero-order valence-electron chi connectivity index (χ0n) is 71.4. The lowest BCUT2D eigenvalue weighted by molar-refractivity contribution is -0.390. The number of allylic oxidation sites excluding steroid dienone is 1. The lowest BCUT2D eigenvalue weighted by Gasteiger charge is -2.59. The number of hydrogen-bond acceptors (Lipinski definition) is 24. The van der Waals surface area contributed by atoms with Crippen molar-refractivity contribution in [1.82, 2.24) is 0 Å². The molecule has 0 bridgehead atoms. The molecule has 0 amide bonds. The largest absolute Gasteiger partial charge is 0.462 e. The maximum Gasteiger partial charge on any atom is 0.311 e. The molecule has 0 radical (unpaired) electrons. The maximum absolute atomic E-state index is 15.4. The predicted molar refractivity (Wildman–Crippen MR) is 399 cm³/mol. The SMILES string of the molecule is C[C@@H]1CC[C@@]2(OC1)O[C@H]1C[C@H]3[C@@H]4CC=C5C[C@@H](O[C@@H]6O[C@H](COC(=O)C(C)(C)C)[C@@H](O[C@@H]7O[C@@H](C)[C@H](OC(=O)C(C)(C)C)[C@@H](OC(=O)C(C)(C)C)[C@H]7OC(=O)C(C)(C)C)[C@H](OC(=O)C(C)(C)C)[C@H]6O[C@@H]6O[C@@H](C)[C@H](OC(=O)C(C)(C)C)[C@@H](OC(=O)C(C)(C)C)[C@H]6OC(=O)C(C)(C)C)CC[C@]5(C)[C@H]4CC[C@]3(C)[C@H]1[C@@H]2C. The van der Waals surface area contributed by atoms with Gasteiger partial charge in [0.05, 0.1) is 74.3 Å². The third-order valence-electron chi connectivity index (χ3n) is 24.3. The quantitative estimate of drug-likeness (QED) is 0.0836. The van der Waals surface area contributed by atoms with Gasteiger partial charge in [-0.15, -0.1) is 0 Å². The summed E-state index contributed by atoms with van der Waals surface area (Å²) in [6.45, 7) is 52.2. The topological polar surface area (TPSA) is 284 Å². The minimum absolute atomic E-state index is 0.0715. The molecule has 5 aliphatic heterocycles. The normalized spacial score (nSPS) is 38.7. The van der Waals surface area contributed by atoms with Crippen LogP contribution in [0.2, 0.25) is 0 Å². The second kappa shape index (κ2) is 31.4. The summed E-state index contributed by atoms with van der Waals surface area (Å²) < 4.78 is 109. The molecule has 8 fully saturated rings. The van der Waals surface area contributed by atoms with Crippen LogP contribution in [0.5, 0.6) is 0 Å². The van der Waals surface area contributed by atoms with E-state index in [0.29, 0.717) is 49.0 Å². The zero-order valence-corrected chi connectivity index (χ0v) is 71.4. The van der Waals surface area contributed by atoms with Crippen molar-refractivity contribution in [2.24, 2.45) is 89.7 Å². The predicted octanol–water partition coefficient (Wildman–Crippen LogP) is 14.0. The van der Waals surface area contributed by atoms with E-state index in [1.807, 2.05) is 0 Å². The molecule has 5 saturated heterocycles. The molecule has 9 rings (SSSR count). The van der Waals surface area contributed by atoms with Crippen LogP contribution in [-0.4, -0.2) is 171 Å². The summed E-state index contributed by atoms with van der Waals surface area (Å²) in [4.78, 5) is 116. The summed E-state index contributed by atoms with van der Waals surface area (Å²) in [5.41, 5.74) is -8.30. The molecule has 0 aromatic rings. The number of carbonyl (C=O) groups is 8. The number of fused-ring (bicyclic) bond motifs is 7. The van der Waals surface area contributed by atoms with Gasteiger partial charge in [0.1, 0.15) is 18.8 Å². The summed E-state index contributed by atoms with van der Waals surface area (Å²) >= 11 is 0. The van der Waals surface area contributed by atoms with Gasteiger partial charge in [0.2, 0.25) is 0 Å². The van der Waals surface area contributed by atoms with Crippen molar-refractivity contribution in [2.75, 3.05) is 13.2 Å². The van der Waals surface area contributed by atoms with Crippen LogP contribution in [0, 0.1) is 89.7 Å². The van der Waals surface area contributed by atoms with Gasteiger partial charge in [-0.1, -0.05) is 39.3 Å². The Morgan fingerprint density at radius 2 is 0.826 bits per heavy atom. The third-order valence-corrected chi connectivity index (χ3v) is 24.3. The minimum atomic E-state index is -1.85. The molecular weight excluding hydrogens is 1400 g/mol. The first-order valence-electron chi connectivity index (χ1n) is 40.3. The summed E-state index contributed by atoms with van der Waals surface area (Å²) in [7, 11) is 0. The molecular formula is C85H136O24. The molecule has 0 aromatic carbocycles. The van der Waals surface area contributed by atoms with Gasteiger partial charge in [-0.05, 0) is 272 Å². The highest BCUT2D eigenvalue weighted by atomic mass is 16.8. The van der Waals surface area contributed by atoms with Gasteiger partial charge in [0.25, 0.3) is 0 Å². The zero-order chi connectivity index (χ0) is 81.8. The van der Waals surface area contributed by atoms with Crippen molar-refractivity contribution in [1.29, 1.82) is 0 Å². The van der Waals surface area contributed by atoms with Gasteiger partial charge >= 0.3 is 47.8 Å². The fraction of sp³-hybridized carbons (Fsp3) is 0.882. The Labute approximate surface area is 649 Å². The number of hydrogen-bond donors (Lipinski definition) is 0. The molecule has 3 saturated carbocycles. The highest BCUT2D eigenvalue weighted by molar-refractivity contribution is 5.80. The van der Waals surface area contributed by atoms with Crippen LogP contribution in [0.25, 0.3) is 0 Å². The Morgan fingerprint density at radius 3 is 1.24 bits per heavy atom. The average molecular weight is 1540 g/mol. The van der Waals surface area contributed by atoms with E-state index in [2.05, 4.69) is 33.8 Å². The van der Waals surface area contributed by atoms with Crippen molar-refractivity contribution in [3.05, 3.63) is 11.6 Å². The maximum atomic E-state index is 15.4. The first-order chi connectivity index (χ1) is 49.7. The van der Waals surface area contributed by atoms with E-state index in [-0.39, 0.29) is 22.9 Å². The van der Waals surface area contributed by atoms with Crippen LogP contribution in [0.4, 0.5) is 0 Å². The molecule has 24 nitrogen and oxygen atoms in total. The van der Waals surface area contributed by atoms with Crippen LogP contribution in [0.1, 0.15) is 265 Å². The van der Waals surface area contributed by atoms with E-state index in [0.717, 1.165) is 44.9 Å². The number of ether oxygens (including phenoxy) is 16. The Kier molecular flexibility index (Phi) is 25.4. The van der Waals surface area contributed by atoms with Crippen LogP contribution in [0.3, 0.4) is 0 Å². The van der Waals surface area contributed by atoms with Crippen molar-refractivity contribution in [3.63, 3.8) is 0 Å². The van der Waals surface area contributed by atoms with Crippen LogP contribution >= 0.6 is 0 Å². The summed E-state index contributed by atoms with van der Waals surface area (Å²) in [5, 5.41) is 0. The van der Waals surface area contributed by atoms with Crippen LogP contribution in [0.15, 0.2) is 11.6 Å². The lowest BCUT2D eigenvalue weighted by Crippen LogP contribution is -2.69. The fourth-order valence-electron chi connectivity index (χ4n) is 17.3. The number of esters is 8. The monoisotopic (exact) mass is 1540 g/mol. The Morgan fingerprint density at radius 1 is 0.431 bits per heavy atom. The Bertz CT molecular complexity index is 3350. The second-order valence-electron chi connectivity index (χ2n) is 42.1. The molecule has 4 aliphatic carbocycles. The molecule has 0 aromatic heterocycles. The van der Waals surface area contributed by atoms with Gasteiger partial charge in [-0.2, -0.15) is 0 Å². The first kappa shape index (κ1) is 88.1. The van der Waals surface area contributed by atoms with Crippen molar-refractivity contribution in [2.45, 2.75) is 376 Å². The Balaban J connectivity index is 1.20. The second-order valence-corrected chi connectivity index (χ2v) is 42.1. The first-order valence-corrected chi connectivity index (χ1v) is 40.3. The number of carbonyl (C=O) groups excluding carboxylic acids is 8. The molecule has 0 N–H and O–H groups in total. The molecule has 0 unspecified atom stereocenters. The van der Waals surface area contributed by atoms with Gasteiger partial charge in [-0.25, -0.2) is 0 Å². The van der Waals surface area contributed by atoms with Crippen molar-refractivity contribution < 1.29 is 114 Å². The Hall–Kier alpha value is -4.82. The lowest BCUT2D eigenvalue weighted by atomic mass is 9.47. The van der Waals surface area contributed by atoms with Gasteiger partial charge in [0.15, 0.2) is 73.5 Å². The van der Waals surface area contributed by atoms with E-state index >= 15 is 4.79 Å². The standard InChI is InChI=1S/C85H136O24/c1-43-33-38-85(95-41-43)44(2)54-52(109-85)40-51-49-32-31-47-39-48(34-36-83(47,29)50(49)35-37-84(51,54)30)98-66-61(101-65-63(108-74(93)82(26,27)28)59(105-71(90)79(17,18)19)56(46(4)97-65)103-69(88)77(11,12)13)60(106-72(91)80(20,21)22)57(53(99-66)42-94-67(86)75(5,6)7)100-64-62(107-73(92)81(23,24)25)58(104-70(89)78(14,15)16)55(45(3)96-64)102-68(87)76(8,9)10/h31,43-46,48-66H,32-42H2,1-30H3/t43-,44+,45+,46+,48+,49-,50+,51+,52+,53-,54+,55+,56+,57-,58-,59-,60+,61-,62-,63-,64+,65+,66-,83+,84+,85-/m1/s1. The van der Waals surface area contributed by atoms with Crippen molar-refractivity contribution >= 4 is 47.8 Å². The molecule has 109 heavy (non-hydrogen) atoms. The van der Waals surface area contributed by atoms with Crippen molar-refractivity contribution in [3.8, 4) is 0 Å². The van der Waals surface area contributed by atoms with Gasteiger partial charge < -0.3 is 75.8 Å². The highest BCUT2D eigenvalue weighted by Gasteiger charge is 2.70. The van der Waals surface area contributed by atoms with E-state index in [9.17, 15) is 33.6 Å². The van der Waals surface area contributed by atoms with E-state index < -0.39 is 202 Å². The van der Waals surface area contributed by atoms with E-state index in [1.54, 1.807) is 180 Å².